The van der Waals surface area contributed by atoms with Crippen LogP contribution in [0.25, 0.3) is 0 Å². The molecule has 1 aromatic rings. The van der Waals surface area contributed by atoms with Crippen molar-refractivity contribution >= 4 is 11.6 Å². The van der Waals surface area contributed by atoms with Crippen LogP contribution in [0.1, 0.15) is 38.2 Å². The predicted molar refractivity (Wildman–Crippen MR) is 88.6 cm³/mol. The summed E-state index contributed by atoms with van der Waals surface area (Å²) in [6.45, 7) is 7.27. The van der Waals surface area contributed by atoms with E-state index in [9.17, 15) is 4.79 Å². The molecule has 0 spiro atoms. The third-order valence-electron chi connectivity index (χ3n) is 4.68. The Labute approximate surface area is 133 Å². The molecule has 0 atom stereocenters. The van der Waals surface area contributed by atoms with Crippen LogP contribution in [0.3, 0.4) is 0 Å². The Balaban J connectivity index is 1.69. The molecule has 1 aromatic carbocycles. The Bertz CT molecular complexity index is 544. The van der Waals surface area contributed by atoms with Crippen LogP contribution in [0.15, 0.2) is 18.2 Å². The quantitative estimate of drug-likeness (QED) is 0.857. The van der Waals surface area contributed by atoms with Crippen molar-refractivity contribution in [2.24, 2.45) is 5.92 Å². The second kappa shape index (κ2) is 6.19. The van der Waals surface area contributed by atoms with Gasteiger partial charge in [-0.3, -0.25) is 4.79 Å². The van der Waals surface area contributed by atoms with Gasteiger partial charge >= 0.3 is 0 Å². The molecule has 1 saturated carbocycles. The average Bonchev–Trinajstić information content (AvgIpc) is 3.38. The zero-order valence-electron chi connectivity index (χ0n) is 13.8. The van der Waals surface area contributed by atoms with Crippen molar-refractivity contribution in [3.8, 4) is 5.75 Å². The van der Waals surface area contributed by atoms with Gasteiger partial charge in [0.1, 0.15) is 5.75 Å². The Hall–Kier alpha value is -1.71. The van der Waals surface area contributed by atoms with Crippen LogP contribution in [-0.4, -0.2) is 44.1 Å². The first-order valence-corrected chi connectivity index (χ1v) is 8.32. The lowest BCUT2D eigenvalue weighted by molar-refractivity contribution is -0.134. The molecule has 0 N–H and O–H groups in total. The Morgan fingerprint density at radius 2 is 1.86 bits per heavy atom. The van der Waals surface area contributed by atoms with E-state index in [4.69, 9.17) is 4.74 Å². The van der Waals surface area contributed by atoms with Gasteiger partial charge < -0.3 is 14.5 Å². The molecule has 4 heteroatoms. The van der Waals surface area contributed by atoms with E-state index in [1.165, 1.54) is 18.4 Å². The number of ether oxygens (including phenoxy) is 1. The van der Waals surface area contributed by atoms with Crippen molar-refractivity contribution in [2.75, 3.05) is 38.2 Å². The third kappa shape index (κ3) is 3.06. The SMILES string of the molecule is COc1cc(C2CC2)ccc1N1CCN(C(=O)C(C)C)CC1. The third-order valence-corrected chi connectivity index (χ3v) is 4.68. The molecule has 0 bridgehead atoms. The highest BCUT2D eigenvalue weighted by Crippen LogP contribution is 2.43. The minimum absolute atomic E-state index is 0.0823. The van der Waals surface area contributed by atoms with Crippen molar-refractivity contribution in [1.82, 2.24) is 4.90 Å². The number of nitrogens with zero attached hydrogens (tertiary/aromatic N) is 2. The topological polar surface area (TPSA) is 32.8 Å². The molecule has 1 amide bonds. The lowest BCUT2D eigenvalue weighted by Crippen LogP contribution is -2.50. The van der Waals surface area contributed by atoms with E-state index >= 15 is 0 Å². The van der Waals surface area contributed by atoms with Gasteiger partial charge in [0, 0.05) is 32.1 Å². The highest BCUT2D eigenvalue weighted by molar-refractivity contribution is 5.78. The lowest BCUT2D eigenvalue weighted by atomic mass is 10.1. The molecule has 1 saturated heterocycles. The van der Waals surface area contributed by atoms with Crippen LogP contribution in [0, 0.1) is 5.92 Å². The predicted octanol–water partition coefficient (Wildman–Crippen LogP) is 2.88. The van der Waals surface area contributed by atoms with Gasteiger partial charge in [0.15, 0.2) is 0 Å². The first-order chi connectivity index (χ1) is 10.6. The van der Waals surface area contributed by atoms with E-state index in [1.807, 2.05) is 18.7 Å². The molecule has 4 nitrogen and oxygen atoms in total. The van der Waals surface area contributed by atoms with Gasteiger partial charge in [-0.05, 0) is 36.5 Å². The van der Waals surface area contributed by atoms with E-state index in [2.05, 4.69) is 23.1 Å². The fourth-order valence-corrected chi connectivity index (χ4v) is 3.16. The molecule has 0 aromatic heterocycles. The minimum Gasteiger partial charge on any atom is -0.495 e. The number of rotatable bonds is 4. The smallest absolute Gasteiger partial charge is 0.225 e. The van der Waals surface area contributed by atoms with Gasteiger partial charge in [-0.15, -0.1) is 0 Å². The molecular formula is C18H26N2O2. The summed E-state index contributed by atoms with van der Waals surface area (Å²) in [7, 11) is 1.74. The summed E-state index contributed by atoms with van der Waals surface area (Å²) in [6, 6.07) is 6.62. The van der Waals surface area contributed by atoms with Gasteiger partial charge in [-0.2, -0.15) is 0 Å². The van der Waals surface area contributed by atoms with Gasteiger partial charge in [0.2, 0.25) is 5.91 Å². The zero-order valence-corrected chi connectivity index (χ0v) is 13.8. The van der Waals surface area contributed by atoms with Crippen LogP contribution in [0.2, 0.25) is 0 Å². The number of carbonyl (C=O) groups is 1. The number of methoxy groups -OCH3 is 1. The summed E-state index contributed by atoms with van der Waals surface area (Å²) >= 11 is 0. The van der Waals surface area contributed by atoms with Crippen LogP contribution in [0.4, 0.5) is 5.69 Å². The molecular weight excluding hydrogens is 276 g/mol. The molecule has 120 valence electrons. The van der Waals surface area contributed by atoms with E-state index in [1.54, 1.807) is 7.11 Å². The normalized spacial score (nSPS) is 18.7. The maximum Gasteiger partial charge on any atom is 0.225 e. The lowest BCUT2D eigenvalue weighted by Gasteiger charge is -2.37. The molecule has 1 aliphatic carbocycles. The molecule has 0 unspecified atom stereocenters. The summed E-state index contributed by atoms with van der Waals surface area (Å²) in [6.07, 6.45) is 2.61. The highest BCUT2D eigenvalue weighted by atomic mass is 16.5. The minimum atomic E-state index is 0.0823. The summed E-state index contributed by atoms with van der Waals surface area (Å²) in [5.74, 6) is 2.05. The van der Waals surface area contributed by atoms with Crippen LogP contribution in [-0.2, 0) is 4.79 Å². The van der Waals surface area contributed by atoms with Crippen LogP contribution >= 0.6 is 0 Å². The largest absolute Gasteiger partial charge is 0.495 e. The number of amides is 1. The Kier molecular flexibility index (Phi) is 4.27. The van der Waals surface area contributed by atoms with E-state index < -0.39 is 0 Å². The molecule has 3 rings (SSSR count). The number of benzene rings is 1. The van der Waals surface area contributed by atoms with Crippen molar-refractivity contribution in [3.05, 3.63) is 23.8 Å². The van der Waals surface area contributed by atoms with Gasteiger partial charge in [-0.25, -0.2) is 0 Å². The van der Waals surface area contributed by atoms with E-state index in [0.29, 0.717) is 0 Å². The molecule has 1 heterocycles. The van der Waals surface area contributed by atoms with E-state index in [-0.39, 0.29) is 11.8 Å². The summed E-state index contributed by atoms with van der Waals surface area (Å²) < 4.78 is 5.61. The molecule has 22 heavy (non-hydrogen) atoms. The van der Waals surface area contributed by atoms with Crippen molar-refractivity contribution in [1.29, 1.82) is 0 Å². The van der Waals surface area contributed by atoms with Crippen molar-refractivity contribution < 1.29 is 9.53 Å². The standard InChI is InChI=1S/C18H26N2O2/c1-13(2)18(21)20-10-8-19(9-11-20)16-7-6-15(14-4-5-14)12-17(16)22-3/h6-7,12-14H,4-5,8-11H2,1-3H3. The highest BCUT2D eigenvalue weighted by Gasteiger charge is 2.27. The molecule has 2 fully saturated rings. The maximum atomic E-state index is 12.1. The average molecular weight is 302 g/mol. The summed E-state index contributed by atoms with van der Waals surface area (Å²) in [5, 5.41) is 0. The first kappa shape index (κ1) is 15.2. The molecule has 1 aliphatic heterocycles. The van der Waals surface area contributed by atoms with Gasteiger partial charge in [0.05, 0.1) is 12.8 Å². The summed E-state index contributed by atoms with van der Waals surface area (Å²) in [5.41, 5.74) is 2.55. The number of carbonyl (C=O) groups excluding carboxylic acids is 1. The van der Waals surface area contributed by atoms with Crippen molar-refractivity contribution in [2.45, 2.75) is 32.6 Å². The number of hydrogen-bond donors (Lipinski definition) is 0. The fraction of sp³-hybridized carbons (Fsp3) is 0.611. The second-order valence-corrected chi connectivity index (χ2v) is 6.67. The molecule has 2 aliphatic rings. The zero-order chi connectivity index (χ0) is 15.7. The number of anilines is 1. The first-order valence-electron chi connectivity index (χ1n) is 8.32. The second-order valence-electron chi connectivity index (χ2n) is 6.67. The van der Waals surface area contributed by atoms with Crippen molar-refractivity contribution in [3.63, 3.8) is 0 Å². The van der Waals surface area contributed by atoms with Crippen LogP contribution < -0.4 is 9.64 Å². The Morgan fingerprint density at radius 3 is 2.41 bits per heavy atom. The van der Waals surface area contributed by atoms with Gasteiger partial charge in [-0.1, -0.05) is 19.9 Å². The summed E-state index contributed by atoms with van der Waals surface area (Å²) in [4.78, 5) is 16.4. The van der Waals surface area contributed by atoms with Gasteiger partial charge in [0.25, 0.3) is 0 Å². The number of piperazine rings is 1. The monoisotopic (exact) mass is 302 g/mol. The van der Waals surface area contributed by atoms with E-state index in [0.717, 1.165) is 43.5 Å². The fourth-order valence-electron chi connectivity index (χ4n) is 3.16. The number of hydrogen-bond acceptors (Lipinski definition) is 3. The molecule has 0 radical (unpaired) electrons. The van der Waals surface area contributed by atoms with Crippen LogP contribution in [0.5, 0.6) is 5.75 Å². The Morgan fingerprint density at radius 1 is 1.18 bits per heavy atom. The maximum absolute atomic E-state index is 12.1.